The van der Waals surface area contributed by atoms with Crippen molar-refractivity contribution < 1.29 is 24.2 Å². The average Bonchev–Trinajstić information content (AvgIpc) is 3.59. The second-order valence-corrected chi connectivity index (χ2v) is 8.09. The van der Waals surface area contributed by atoms with Crippen molar-refractivity contribution in [1.82, 2.24) is 10.2 Å². The van der Waals surface area contributed by atoms with E-state index in [-0.39, 0.29) is 40.5 Å². The highest BCUT2D eigenvalue weighted by molar-refractivity contribution is 6.11. The van der Waals surface area contributed by atoms with Crippen LogP contribution in [0.4, 0.5) is 10.1 Å². The topological polar surface area (TPSA) is 102 Å². The molecule has 1 unspecified atom stereocenters. The second kappa shape index (κ2) is 8.03. The molecule has 2 aliphatic carbocycles. The van der Waals surface area contributed by atoms with Crippen molar-refractivity contribution >= 4 is 17.4 Å². The number of amides is 1. The molecule has 0 bridgehead atoms. The first-order valence-electron chi connectivity index (χ1n) is 10.1. The number of aliphatic hydroxyl groups is 1. The molecule has 8 heteroatoms. The zero-order chi connectivity index (χ0) is 22.3. The van der Waals surface area contributed by atoms with Gasteiger partial charge in [-0.25, -0.2) is 4.39 Å². The fourth-order valence-corrected chi connectivity index (χ4v) is 3.67. The van der Waals surface area contributed by atoms with E-state index in [9.17, 15) is 24.2 Å². The summed E-state index contributed by atoms with van der Waals surface area (Å²) in [6, 6.07) is 10.6. The lowest BCUT2D eigenvalue weighted by atomic mass is 9.92. The molecule has 7 nitrogen and oxygen atoms in total. The number of phenols is 1. The Morgan fingerprint density at radius 3 is 2.45 bits per heavy atom. The number of carbonyl (C=O) groups excluding carboxylic acids is 2. The summed E-state index contributed by atoms with van der Waals surface area (Å²) in [4.78, 5) is 25.9. The smallest absolute Gasteiger partial charge is 0.257 e. The number of aromatic hydroxyl groups is 1. The number of benzene rings is 2. The summed E-state index contributed by atoms with van der Waals surface area (Å²) in [7, 11) is 3.15. The van der Waals surface area contributed by atoms with Crippen LogP contribution in [0.5, 0.6) is 5.75 Å². The number of aliphatic hydroxyl groups excluding tert-OH is 1. The molecule has 31 heavy (non-hydrogen) atoms. The van der Waals surface area contributed by atoms with E-state index in [0.29, 0.717) is 11.6 Å². The predicted octanol–water partition coefficient (Wildman–Crippen LogP) is 2.54. The normalized spacial score (nSPS) is 19.0. The van der Waals surface area contributed by atoms with Crippen molar-refractivity contribution in [3.63, 3.8) is 0 Å². The molecule has 162 valence electrons. The third-order valence-electron chi connectivity index (χ3n) is 5.60. The van der Waals surface area contributed by atoms with Crippen molar-refractivity contribution in [2.24, 2.45) is 5.92 Å². The van der Waals surface area contributed by atoms with E-state index in [1.54, 1.807) is 38.4 Å². The quantitative estimate of drug-likeness (QED) is 0.509. The van der Waals surface area contributed by atoms with Crippen LogP contribution < -0.4 is 10.6 Å². The van der Waals surface area contributed by atoms with Crippen molar-refractivity contribution in [3.05, 3.63) is 70.8 Å². The summed E-state index contributed by atoms with van der Waals surface area (Å²) in [5.74, 6) is -1.18. The molecule has 2 aromatic carbocycles. The van der Waals surface area contributed by atoms with Gasteiger partial charge in [-0.05, 0) is 48.6 Å². The third kappa shape index (κ3) is 3.98. The first kappa shape index (κ1) is 20.9. The van der Waals surface area contributed by atoms with Crippen LogP contribution in [-0.4, -0.2) is 47.0 Å². The van der Waals surface area contributed by atoms with E-state index < -0.39 is 11.9 Å². The van der Waals surface area contributed by atoms with Crippen molar-refractivity contribution in [2.75, 3.05) is 19.4 Å². The standard InChI is InChI=1S/C23H24FN3O4/c1-27(2)23(31)15-4-3-5-16(20(15)28)25-18-19(22(30)21(18)29)26-17(12-6-7-12)13-8-10-14(24)11-9-13/h3-5,8-12,17,22,25-26,28,30H,6-7H2,1-2H3/t17-,22?/m1/s1. The lowest BCUT2D eigenvalue weighted by Gasteiger charge is -2.33. The summed E-state index contributed by atoms with van der Waals surface area (Å²) in [6.45, 7) is 0. The third-order valence-corrected chi connectivity index (χ3v) is 5.60. The molecule has 0 saturated heterocycles. The van der Waals surface area contributed by atoms with Crippen LogP contribution in [-0.2, 0) is 4.79 Å². The van der Waals surface area contributed by atoms with Crippen LogP contribution in [0.1, 0.15) is 34.8 Å². The van der Waals surface area contributed by atoms with E-state index in [1.165, 1.54) is 23.1 Å². The summed E-state index contributed by atoms with van der Waals surface area (Å²) >= 11 is 0. The minimum atomic E-state index is -1.31. The predicted molar refractivity (Wildman–Crippen MR) is 113 cm³/mol. The van der Waals surface area contributed by atoms with Gasteiger partial charge in [0.05, 0.1) is 23.0 Å². The fourth-order valence-electron chi connectivity index (χ4n) is 3.67. The second-order valence-electron chi connectivity index (χ2n) is 8.09. The Morgan fingerprint density at radius 2 is 1.84 bits per heavy atom. The van der Waals surface area contributed by atoms with E-state index in [4.69, 9.17) is 0 Å². The molecule has 0 heterocycles. The SMILES string of the molecule is CN(C)C(=O)c1cccc(NC2=C(N[C@@H](c3ccc(F)cc3)C3CC3)C(O)C2=O)c1O. The molecule has 0 spiro atoms. The van der Waals surface area contributed by atoms with Gasteiger partial charge in [0.2, 0.25) is 5.78 Å². The van der Waals surface area contributed by atoms with Gasteiger partial charge in [-0.1, -0.05) is 18.2 Å². The molecule has 1 saturated carbocycles. The summed E-state index contributed by atoms with van der Waals surface area (Å²) < 4.78 is 13.3. The number of carbonyl (C=O) groups is 2. The Morgan fingerprint density at radius 1 is 1.16 bits per heavy atom. The van der Waals surface area contributed by atoms with Crippen molar-refractivity contribution in [3.8, 4) is 5.75 Å². The van der Waals surface area contributed by atoms with E-state index in [2.05, 4.69) is 10.6 Å². The van der Waals surface area contributed by atoms with Gasteiger partial charge in [0, 0.05) is 14.1 Å². The largest absolute Gasteiger partial charge is 0.505 e. The van der Waals surface area contributed by atoms with E-state index >= 15 is 0 Å². The minimum Gasteiger partial charge on any atom is -0.505 e. The molecule has 2 aliphatic rings. The minimum absolute atomic E-state index is 0.0969. The summed E-state index contributed by atoms with van der Waals surface area (Å²) in [5, 5.41) is 26.9. The zero-order valence-corrected chi connectivity index (χ0v) is 17.2. The number of Topliss-reactive ketones (excluding diaryl/α,β-unsaturated/α-hetero) is 1. The van der Waals surface area contributed by atoms with Gasteiger partial charge in [-0.3, -0.25) is 9.59 Å². The molecule has 2 aromatic rings. The molecule has 2 atom stereocenters. The molecule has 0 aromatic heterocycles. The first-order valence-corrected chi connectivity index (χ1v) is 10.1. The molecule has 4 rings (SSSR count). The molecule has 0 radical (unpaired) electrons. The number of phenolic OH excluding ortho intramolecular Hbond substituents is 1. The Kier molecular flexibility index (Phi) is 5.41. The van der Waals surface area contributed by atoms with Crippen LogP contribution in [0.15, 0.2) is 53.9 Å². The van der Waals surface area contributed by atoms with Crippen LogP contribution in [0.25, 0.3) is 0 Å². The zero-order valence-electron chi connectivity index (χ0n) is 17.2. The van der Waals surface area contributed by atoms with Gasteiger partial charge in [0.25, 0.3) is 5.91 Å². The Hall–Kier alpha value is -3.39. The average molecular weight is 425 g/mol. The number of para-hydroxylation sites is 1. The highest BCUT2D eigenvalue weighted by Crippen LogP contribution is 2.43. The van der Waals surface area contributed by atoms with Gasteiger partial charge in [-0.15, -0.1) is 0 Å². The highest BCUT2D eigenvalue weighted by atomic mass is 19.1. The summed E-state index contributed by atoms with van der Waals surface area (Å²) in [5.41, 5.74) is 1.59. The van der Waals surface area contributed by atoms with Crippen molar-refractivity contribution in [2.45, 2.75) is 25.0 Å². The van der Waals surface area contributed by atoms with Gasteiger partial charge in [-0.2, -0.15) is 0 Å². The number of rotatable bonds is 7. The maximum atomic E-state index is 13.3. The Balaban J connectivity index is 1.62. The van der Waals surface area contributed by atoms with Crippen LogP contribution in [0.3, 0.4) is 0 Å². The number of hydrogen-bond donors (Lipinski definition) is 4. The summed E-state index contributed by atoms with van der Waals surface area (Å²) in [6.07, 6.45) is 0.674. The van der Waals surface area contributed by atoms with Crippen molar-refractivity contribution in [1.29, 1.82) is 0 Å². The maximum absolute atomic E-state index is 13.3. The lowest BCUT2D eigenvalue weighted by molar-refractivity contribution is -0.124. The van der Waals surface area contributed by atoms with Gasteiger partial charge < -0.3 is 25.7 Å². The number of halogens is 1. The van der Waals surface area contributed by atoms with Crippen LogP contribution >= 0.6 is 0 Å². The molecule has 1 amide bonds. The van der Waals surface area contributed by atoms with Gasteiger partial charge in [0.1, 0.15) is 11.5 Å². The fraction of sp³-hybridized carbons (Fsp3) is 0.304. The van der Waals surface area contributed by atoms with Crippen LogP contribution in [0.2, 0.25) is 0 Å². The number of ketones is 1. The molecule has 4 N–H and O–H groups in total. The maximum Gasteiger partial charge on any atom is 0.257 e. The number of hydrogen-bond acceptors (Lipinski definition) is 6. The molecular weight excluding hydrogens is 401 g/mol. The molecule has 1 fully saturated rings. The van der Waals surface area contributed by atoms with Gasteiger partial charge in [0.15, 0.2) is 11.9 Å². The number of anilines is 1. The number of nitrogens with zero attached hydrogens (tertiary/aromatic N) is 1. The lowest BCUT2D eigenvalue weighted by Crippen LogP contribution is -2.47. The molecule has 0 aliphatic heterocycles. The van der Waals surface area contributed by atoms with Crippen LogP contribution in [0, 0.1) is 11.7 Å². The number of nitrogens with one attached hydrogen (secondary N) is 2. The Labute approximate surface area is 179 Å². The monoisotopic (exact) mass is 425 g/mol. The highest BCUT2D eigenvalue weighted by Gasteiger charge is 2.42. The van der Waals surface area contributed by atoms with E-state index in [0.717, 1.165) is 18.4 Å². The molecular formula is C23H24FN3O4. The Bertz CT molecular complexity index is 1060. The first-order chi connectivity index (χ1) is 14.8. The van der Waals surface area contributed by atoms with E-state index in [1.807, 2.05) is 0 Å². The van der Waals surface area contributed by atoms with Gasteiger partial charge >= 0.3 is 0 Å².